The highest BCUT2D eigenvalue weighted by Crippen LogP contribution is 2.40. The number of nitrogens with zero attached hydrogens (tertiary/aromatic N) is 3. The molecule has 0 radical (unpaired) electrons. The van der Waals surface area contributed by atoms with Crippen LogP contribution in [-0.4, -0.2) is 35.6 Å². The van der Waals surface area contributed by atoms with Crippen molar-refractivity contribution in [3.05, 3.63) is 18.7 Å². The van der Waals surface area contributed by atoms with E-state index in [1.54, 1.807) is 0 Å². The highest BCUT2D eigenvalue weighted by Gasteiger charge is 2.31. The van der Waals surface area contributed by atoms with Gasteiger partial charge in [-0.1, -0.05) is 19.8 Å². The molecule has 6 heteroatoms. The Kier molecular flexibility index (Phi) is 8.82. The van der Waals surface area contributed by atoms with Crippen molar-refractivity contribution >= 4 is 29.9 Å². The van der Waals surface area contributed by atoms with Crippen molar-refractivity contribution in [3.63, 3.8) is 0 Å². The van der Waals surface area contributed by atoms with Crippen LogP contribution in [0.15, 0.2) is 23.7 Å². The summed E-state index contributed by atoms with van der Waals surface area (Å²) in [5.41, 5.74) is 0.494. The monoisotopic (exact) mass is 419 g/mol. The van der Waals surface area contributed by atoms with E-state index in [0.29, 0.717) is 5.41 Å². The number of imidazole rings is 1. The number of rotatable bonds is 7. The molecule has 126 valence electrons. The number of hydrogen-bond donors (Lipinski definition) is 2. The van der Waals surface area contributed by atoms with Gasteiger partial charge in [-0.25, -0.2) is 4.98 Å². The van der Waals surface area contributed by atoms with Gasteiger partial charge in [0.25, 0.3) is 0 Å². The van der Waals surface area contributed by atoms with Crippen molar-refractivity contribution in [3.8, 4) is 0 Å². The van der Waals surface area contributed by atoms with Crippen LogP contribution in [0.3, 0.4) is 0 Å². The van der Waals surface area contributed by atoms with Crippen LogP contribution in [0, 0.1) is 5.41 Å². The number of aryl methyl sites for hydroxylation is 1. The van der Waals surface area contributed by atoms with Crippen molar-refractivity contribution in [1.82, 2.24) is 20.2 Å². The summed E-state index contributed by atoms with van der Waals surface area (Å²) in [6.45, 7) is 5.28. The average molecular weight is 419 g/mol. The summed E-state index contributed by atoms with van der Waals surface area (Å²) in [5.74, 6) is 0.931. The molecular formula is C16H30IN5. The third kappa shape index (κ3) is 5.78. The Bertz CT molecular complexity index is 424. The third-order valence-electron chi connectivity index (χ3n) is 4.71. The normalized spacial score (nSPS) is 17.1. The summed E-state index contributed by atoms with van der Waals surface area (Å²) < 4.78 is 2.10. The van der Waals surface area contributed by atoms with Gasteiger partial charge < -0.3 is 15.2 Å². The molecule has 1 aliphatic rings. The van der Waals surface area contributed by atoms with Crippen LogP contribution in [-0.2, 0) is 6.54 Å². The van der Waals surface area contributed by atoms with Crippen LogP contribution >= 0.6 is 24.0 Å². The molecule has 1 saturated carbocycles. The molecule has 1 aromatic rings. The van der Waals surface area contributed by atoms with Crippen molar-refractivity contribution < 1.29 is 0 Å². The van der Waals surface area contributed by atoms with Crippen molar-refractivity contribution in [2.24, 2.45) is 10.4 Å². The van der Waals surface area contributed by atoms with Crippen LogP contribution in [0.2, 0.25) is 0 Å². The van der Waals surface area contributed by atoms with Crippen LogP contribution in [0.25, 0.3) is 0 Å². The van der Waals surface area contributed by atoms with E-state index in [0.717, 1.165) is 32.0 Å². The minimum Gasteiger partial charge on any atom is -0.356 e. The first kappa shape index (κ1) is 19.3. The number of aliphatic imine (C=N–C) groups is 1. The summed E-state index contributed by atoms with van der Waals surface area (Å²) in [7, 11) is 1.85. The summed E-state index contributed by atoms with van der Waals surface area (Å²) in [4.78, 5) is 8.37. The Morgan fingerprint density at radius 3 is 2.68 bits per heavy atom. The highest BCUT2D eigenvalue weighted by atomic mass is 127. The molecule has 1 aliphatic carbocycles. The smallest absolute Gasteiger partial charge is 0.190 e. The minimum absolute atomic E-state index is 0. The number of nitrogens with one attached hydrogen (secondary N) is 2. The fraction of sp³-hybridized carbons (Fsp3) is 0.750. The first-order chi connectivity index (χ1) is 10.3. The lowest BCUT2D eigenvalue weighted by molar-refractivity contribution is 0.283. The van der Waals surface area contributed by atoms with Gasteiger partial charge in [0.15, 0.2) is 5.96 Å². The second-order valence-corrected chi connectivity index (χ2v) is 6.07. The van der Waals surface area contributed by atoms with Crippen LogP contribution in [0.1, 0.15) is 45.4 Å². The molecule has 1 aromatic heterocycles. The Morgan fingerprint density at radius 1 is 1.32 bits per heavy atom. The molecule has 1 fully saturated rings. The van der Waals surface area contributed by atoms with Gasteiger partial charge in [-0.3, -0.25) is 4.99 Å². The molecule has 0 atom stereocenters. The van der Waals surface area contributed by atoms with Crippen molar-refractivity contribution in [2.45, 2.75) is 52.0 Å². The second-order valence-electron chi connectivity index (χ2n) is 6.07. The molecule has 0 spiro atoms. The first-order valence-electron chi connectivity index (χ1n) is 8.18. The van der Waals surface area contributed by atoms with E-state index in [1.165, 1.54) is 32.1 Å². The molecule has 0 bridgehead atoms. The molecule has 0 aliphatic heterocycles. The standard InChI is InChI=1S/C16H29N5.HI/c1-3-16(7-4-5-8-16)13-20-15(17-2)19-9-6-11-21-12-10-18-14-21;/h10,12,14H,3-9,11,13H2,1-2H3,(H2,17,19,20);1H. The predicted octanol–water partition coefficient (Wildman–Crippen LogP) is 3.03. The van der Waals surface area contributed by atoms with Crippen LogP contribution in [0.5, 0.6) is 0 Å². The Hall–Kier alpha value is -0.790. The quantitative estimate of drug-likeness (QED) is 0.309. The molecule has 2 rings (SSSR count). The maximum absolute atomic E-state index is 4.32. The molecular weight excluding hydrogens is 389 g/mol. The summed E-state index contributed by atoms with van der Waals surface area (Å²) in [6, 6.07) is 0. The van der Waals surface area contributed by atoms with E-state index in [9.17, 15) is 0 Å². The lowest BCUT2D eigenvalue weighted by atomic mass is 9.83. The van der Waals surface area contributed by atoms with Crippen LogP contribution < -0.4 is 10.6 Å². The number of guanidine groups is 1. The van der Waals surface area contributed by atoms with Gasteiger partial charge >= 0.3 is 0 Å². The van der Waals surface area contributed by atoms with Crippen LogP contribution in [0.4, 0.5) is 0 Å². The topological polar surface area (TPSA) is 54.2 Å². The van der Waals surface area contributed by atoms with Crippen molar-refractivity contribution in [2.75, 3.05) is 20.1 Å². The summed E-state index contributed by atoms with van der Waals surface area (Å²) >= 11 is 0. The fourth-order valence-corrected chi connectivity index (χ4v) is 3.16. The molecule has 1 heterocycles. The van der Waals surface area contributed by atoms with E-state index in [-0.39, 0.29) is 24.0 Å². The fourth-order valence-electron chi connectivity index (χ4n) is 3.16. The van der Waals surface area contributed by atoms with Crippen molar-refractivity contribution in [1.29, 1.82) is 0 Å². The maximum Gasteiger partial charge on any atom is 0.190 e. The van der Waals surface area contributed by atoms with E-state index in [2.05, 4.69) is 32.1 Å². The minimum atomic E-state index is 0. The largest absolute Gasteiger partial charge is 0.356 e. The van der Waals surface area contributed by atoms with Gasteiger partial charge in [0, 0.05) is 39.1 Å². The van der Waals surface area contributed by atoms with Gasteiger partial charge in [-0.05, 0) is 31.1 Å². The zero-order chi connectivity index (χ0) is 15.0. The lowest BCUT2D eigenvalue weighted by Crippen LogP contribution is -2.43. The number of halogens is 1. The molecule has 22 heavy (non-hydrogen) atoms. The van der Waals surface area contributed by atoms with E-state index in [1.807, 2.05) is 25.8 Å². The molecule has 0 unspecified atom stereocenters. The van der Waals surface area contributed by atoms with E-state index < -0.39 is 0 Å². The zero-order valence-corrected chi connectivity index (χ0v) is 16.2. The lowest BCUT2D eigenvalue weighted by Gasteiger charge is -2.28. The zero-order valence-electron chi connectivity index (χ0n) is 13.8. The SMILES string of the molecule is CCC1(CNC(=NC)NCCCn2ccnc2)CCCC1.I. The summed E-state index contributed by atoms with van der Waals surface area (Å²) in [6.07, 6.45) is 13.5. The third-order valence-corrected chi connectivity index (χ3v) is 4.71. The molecule has 0 amide bonds. The Labute approximate surface area is 151 Å². The first-order valence-corrected chi connectivity index (χ1v) is 8.18. The maximum atomic E-state index is 4.32. The van der Waals surface area contributed by atoms with Gasteiger partial charge in [0.05, 0.1) is 6.33 Å². The van der Waals surface area contributed by atoms with E-state index in [4.69, 9.17) is 0 Å². The highest BCUT2D eigenvalue weighted by molar-refractivity contribution is 14.0. The molecule has 0 aromatic carbocycles. The van der Waals surface area contributed by atoms with Gasteiger partial charge in [-0.15, -0.1) is 24.0 Å². The molecule has 5 nitrogen and oxygen atoms in total. The molecule has 0 saturated heterocycles. The summed E-state index contributed by atoms with van der Waals surface area (Å²) in [5, 5.41) is 6.92. The number of hydrogen-bond acceptors (Lipinski definition) is 2. The average Bonchev–Trinajstić information content (AvgIpc) is 3.18. The predicted molar refractivity (Wildman–Crippen MR) is 103 cm³/mol. The Balaban J connectivity index is 0.00000242. The number of aromatic nitrogens is 2. The second kappa shape index (κ2) is 10.1. The van der Waals surface area contributed by atoms with Gasteiger partial charge in [-0.2, -0.15) is 0 Å². The Morgan fingerprint density at radius 2 is 2.09 bits per heavy atom. The van der Waals surface area contributed by atoms with Gasteiger partial charge in [0.2, 0.25) is 0 Å². The van der Waals surface area contributed by atoms with E-state index >= 15 is 0 Å². The molecule has 2 N–H and O–H groups in total. The van der Waals surface area contributed by atoms with Gasteiger partial charge in [0.1, 0.15) is 0 Å².